The number of nitrogen functional groups attached to an aromatic ring is 1. The molecular formula is C4H6N2S. The molecule has 0 atom stereocenters. The molecular weight excluding hydrogens is 108 g/mol. The van der Waals surface area contributed by atoms with Gasteiger partial charge in [-0.05, 0) is 12.1 Å². The molecule has 1 aromatic heterocycles. The molecule has 1 aromatic rings. The molecule has 0 amide bonds. The van der Waals surface area contributed by atoms with E-state index in [4.69, 9.17) is 5.84 Å². The third-order valence-electron chi connectivity index (χ3n) is 0.757. The number of thiol groups is 1. The highest BCUT2D eigenvalue weighted by Crippen LogP contribution is 2.00. The Labute approximate surface area is 47.3 Å². The maximum Gasteiger partial charge on any atom is 0.0917 e. The minimum atomic E-state index is 0.778. The van der Waals surface area contributed by atoms with Crippen LogP contribution in [0.5, 0.6) is 0 Å². The zero-order chi connectivity index (χ0) is 5.28. The Morgan fingerprint density at radius 2 is 2.43 bits per heavy atom. The second-order valence-corrected chi connectivity index (χ2v) is 1.73. The van der Waals surface area contributed by atoms with Crippen LogP contribution in [-0.2, 0) is 0 Å². The zero-order valence-electron chi connectivity index (χ0n) is 3.70. The molecule has 0 radical (unpaired) electrons. The van der Waals surface area contributed by atoms with Crippen LogP contribution in [0.4, 0.5) is 0 Å². The van der Waals surface area contributed by atoms with Crippen molar-refractivity contribution >= 4 is 12.6 Å². The summed E-state index contributed by atoms with van der Waals surface area (Å²) in [7, 11) is 0. The highest BCUT2D eigenvalue weighted by atomic mass is 32.1. The molecule has 1 rings (SSSR count). The van der Waals surface area contributed by atoms with Crippen molar-refractivity contribution in [2.75, 3.05) is 5.84 Å². The first-order valence-corrected chi connectivity index (χ1v) is 2.37. The lowest BCUT2D eigenvalue weighted by atomic mass is 10.7. The van der Waals surface area contributed by atoms with Crippen molar-refractivity contribution in [3.63, 3.8) is 0 Å². The zero-order valence-corrected chi connectivity index (χ0v) is 4.60. The summed E-state index contributed by atoms with van der Waals surface area (Å²) in [4.78, 5) is 0. The van der Waals surface area contributed by atoms with Crippen molar-refractivity contribution in [3.05, 3.63) is 18.3 Å². The molecule has 0 aliphatic rings. The van der Waals surface area contributed by atoms with E-state index < -0.39 is 0 Å². The average Bonchev–Trinajstić information content (AvgIpc) is 1.91. The van der Waals surface area contributed by atoms with Crippen molar-refractivity contribution in [2.45, 2.75) is 5.03 Å². The molecule has 0 bridgehead atoms. The van der Waals surface area contributed by atoms with E-state index in [1.807, 2.05) is 12.1 Å². The van der Waals surface area contributed by atoms with Gasteiger partial charge in [0.15, 0.2) is 0 Å². The lowest BCUT2D eigenvalue weighted by Gasteiger charge is -1.89. The van der Waals surface area contributed by atoms with Gasteiger partial charge >= 0.3 is 0 Å². The second kappa shape index (κ2) is 1.50. The summed E-state index contributed by atoms with van der Waals surface area (Å²) in [6.07, 6.45) is 1.74. The van der Waals surface area contributed by atoms with Crippen molar-refractivity contribution < 1.29 is 0 Å². The molecule has 0 aliphatic heterocycles. The highest BCUT2D eigenvalue weighted by Gasteiger charge is 1.83. The maximum absolute atomic E-state index is 5.28. The van der Waals surface area contributed by atoms with Crippen LogP contribution in [0.3, 0.4) is 0 Å². The highest BCUT2D eigenvalue weighted by molar-refractivity contribution is 7.80. The fraction of sp³-hybridized carbons (Fsp3) is 0. The summed E-state index contributed by atoms with van der Waals surface area (Å²) < 4.78 is 1.45. The molecule has 3 heteroatoms. The third kappa shape index (κ3) is 0.718. The molecule has 2 nitrogen and oxygen atoms in total. The topological polar surface area (TPSA) is 30.9 Å². The van der Waals surface area contributed by atoms with E-state index >= 15 is 0 Å². The molecule has 0 saturated carbocycles. The van der Waals surface area contributed by atoms with Crippen LogP contribution in [0, 0.1) is 0 Å². The van der Waals surface area contributed by atoms with Crippen molar-refractivity contribution in [1.82, 2.24) is 4.68 Å². The van der Waals surface area contributed by atoms with E-state index in [9.17, 15) is 0 Å². The Morgan fingerprint density at radius 1 is 1.71 bits per heavy atom. The van der Waals surface area contributed by atoms with Gasteiger partial charge < -0.3 is 5.84 Å². The van der Waals surface area contributed by atoms with Gasteiger partial charge in [-0.3, -0.25) is 4.68 Å². The molecule has 0 aliphatic carbocycles. The first kappa shape index (κ1) is 4.59. The van der Waals surface area contributed by atoms with Gasteiger partial charge in [-0.1, -0.05) is 0 Å². The van der Waals surface area contributed by atoms with Crippen LogP contribution >= 0.6 is 12.6 Å². The normalized spacial score (nSPS) is 9.29. The summed E-state index contributed by atoms with van der Waals surface area (Å²) in [6.45, 7) is 0. The van der Waals surface area contributed by atoms with Gasteiger partial charge in [-0.25, -0.2) is 0 Å². The van der Waals surface area contributed by atoms with E-state index in [0.717, 1.165) is 5.03 Å². The van der Waals surface area contributed by atoms with Gasteiger partial charge in [0.2, 0.25) is 0 Å². The molecule has 1 heterocycles. The largest absolute Gasteiger partial charge is 0.339 e. The smallest absolute Gasteiger partial charge is 0.0917 e. The maximum atomic E-state index is 5.28. The molecule has 0 saturated heterocycles. The van der Waals surface area contributed by atoms with Crippen LogP contribution in [0.25, 0.3) is 0 Å². The fourth-order valence-corrected chi connectivity index (χ4v) is 0.537. The molecule has 0 unspecified atom stereocenters. The summed E-state index contributed by atoms with van der Waals surface area (Å²) in [5.41, 5.74) is 0. The van der Waals surface area contributed by atoms with Crippen molar-refractivity contribution in [1.29, 1.82) is 0 Å². The minimum absolute atomic E-state index is 0.778. The van der Waals surface area contributed by atoms with Crippen LogP contribution in [-0.4, -0.2) is 4.68 Å². The van der Waals surface area contributed by atoms with Crippen molar-refractivity contribution in [3.8, 4) is 0 Å². The lowest BCUT2D eigenvalue weighted by molar-refractivity contribution is 0.907. The molecule has 2 N–H and O–H groups in total. The van der Waals surface area contributed by atoms with Crippen molar-refractivity contribution in [2.24, 2.45) is 0 Å². The summed E-state index contributed by atoms with van der Waals surface area (Å²) in [5.74, 6) is 5.28. The Kier molecular flexibility index (Phi) is 0.982. The minimum Gasteiger partial charge on any atom is -0.339 e. The molecule has 38 valence electrons. The first-order chi connectivity index (χ1) is 3.30. The Hall–Kier alpha value is -0.570. The Bertz CT molecular complexity index is 142. The van der Waals surface area contributed by atoms with Crippen LogP contribution < -0.4 is 5.84 Å². The lowest BCUT2D eigenvalue weighted by Crippen LogP contribution is -2.05. The first-order valence-electron chi connectivity index (χ1n) is 1.92. The second-order valence-electron chi connectivity index (χ2n) is 1.27. The van der Waals surface area contributed by atoms with Crippen LogP contribution in [0.15, 0.2) is 23.4 Å². The third-order valence-corrected chi connectivity index (χ3v) is 1.14. The van der Waals surface area contributed by atoms with Gasteiger partial charge in [0.25, 0.3) is 0 Å². The number of hydrogen-bond acceptors (Lipinski definition) is 2. The van der Waals surface area contributed by atoms with Gasteiger partial charge in [-0.2, -0.15) is 0 Å². The Balaban J connectivity index is 3.12. The molecule has 0 aromatic carbocycles. The standard InChI is InChI=1S/C4H6N2S/c5-6-3-1-2-4(6)7/h1-3,7H,5H2. The number of aromatic nitrogens is 1. The monoisotopic (exact) mass is 114 g/mol. The number of rotatable bonds is 0. The number of nitrogens with two attached hydrogens (primary N) is 1. The van der Waals surface area contributed by atoms with E-state index in [0.29, 0.717) is 0 Å². The molecule has 0 fully saturated rings. The average molecular weight is 114 g/mol. The van der Waals surface area contributed by atoms with Gasteiger partial charge in [0, 0.05) is 6.20 Å². The van der Waals surface area contributed by atoms with Crippen LogP contribution in [0.2, 0.25) is 0 Å². The van der Waals surface area contributed by atoms with Crippen LogP contribution in [0.1, 0.15) is 0 Å². The van der Waals surface area contributed by atoms with E-state index in [1.165, 1.54) is 4.68 Å². The predicted molar refractivity (Wildman–Crippen MR) is 31.8 cm³/mol. The number of nitrogens with zero attached hydrogens (tertiary/aromatic N) is 1. The van der Waals surface area contributed by atoms with Gasteiger partial charge in [-0.15, -0.1) is 12.6 Å². The SMILES string of the molecule is Nn1cccc1S. The summed E-state index contributed by atoms with van der Waals surface area (Å²) in [5, 5.41) is 0.778. The quantitative estimate of drug-likeness (QED) is 0.373. The molecule has 7 heavy (non-hydrogen) atoms. The Morgan fingerprint density at radius 3 is 2.57 bits per heavy atom. The summed E-state index contributed by atoms with van der Waals surface area (Å²) >= 11 is 3.99. The predicted octanol–water partition coefficient (Wildman–Crippen LogP) is 0.491. The summed E-state index contributed by atoms with van der Waals surface area (Å²) in [6, 6.07) is 3.66. The van der Waals surface area contributed by atoms with E-state index in [-0.39, 0.29) is 0 Å². The van der Waals surface area contributed by atoms with Gasteiger partial charge in [0.1, 0.15) is 0 Å². The van der Waals surface area contributed by atoms with Gasteiger partial charge in [0.05, 0.1) is 5.03 Å². The number of hydrogen-bond donors (Lipinski definition) is 2. The van der Waals surface area contributed by atoms with E-state index in [1.54, 1.807) is 6.20 Å². The fourth-order valence-electron chi connectivity index (χ4n) is 0.384. The van der Waals surface area contributed by atoms with E-state index in [2.05, 4.69) is 12.6 Å². The molecule has 0 spiro atoms.